The molecule has 1 N–H and O–H groups in total. The van der Waals surface area contributed by atoms with Crippen molar-refractivity contribution in [3.63, 3.8) is 0 Å². The minimum atomic E-state index is 0.856. The zero-order chi connectivity index (χ0) is 9.11. The van der Waals surface area contributed by atoms with Gasteiger partial charge in [-0.15, -0.1) is 0 Å². The third-order valence-corrected chi connectivity index (χ3v) is 0.535. The lowest BCUT2D eigenvalue weighted by Gasteiger charge is -1.66. The van der Waals surface area contributed by atoms with E-state index in [1.165, 1.54) is 13.3 Å². The molecule has 62 valence electrons. The Hall–Kier alpha value is -1.37. The van der Waals surface area contributed by atoms with Gasteiger partial charge in [-0.1, -0.05) is 13.8 Å². The van der Waals surface area contributed by atoms with Gasteiger partial charge in [-0.3, -0.25) is 5.10 Å². The smallest absolute Gasteiger partial charge is 0.137 e. The van der Waals surface area contributed by atoms with Crippen LogP contribution in [0.2, 0.25) is 0 Å². The summed E-state index contributed by atoms with van der Waals surface area (Å²) in [4.78, 5) is 3.75. The van der Waals surface area contributed by atoms with E-state index in [0.717, 1.165) is 5.82 Å². The highest BCUT2D eigenvalue weighted by atomic mass is 15.2. The minimum absolute atomic E-state index is 0.856. The number of hydrogen-bond donors (Lipinski definition) is 1. The summed E-state index contributed by atoms with van der Waals surface area (Å²) in [6.07, 6.45) is 1.48. The first-order valence-corrected chi connectivity index (χ1v) is 3.44. The van der Waals surface area contributed by atoms with E-state index in [1.54, 1.807) is 6.07 Å². The summed E-state index contributed by atoms with van der Waals surface area (Å²) in [6.45, 7) is 7.28. The number of H-pyrrole nitrogens is 1. The molecule has 0 saturated heterocycles. The molecule has 0 radical (unpaired) electrons. The topological polar surface area (TPSA) is 65.4 Å². The fourth-order valence-corrected chi connectivity index (χ4v) is 0.267. The molecule has 0 atom stereocenters. The predicted octanol–water partition coefficient (Wildman–Crippen LogP) is 1.67. The Balaban J connectivity index is 0. The number of nitrogens with one attached hydrogen (secondary N) is 1. The standard InChI is InChI=1S/C3H5N3.C2H3N.C2H6/c1-3-4-2-5-6-3;1-2-3;1-2/h2H,1H3,(H,4,5,6);1H3;1-2H3. The van der Waals surface area contributed by atoms with Crippen LogP contribution in [0.3, 0.4) is 0 Å². The predicted molar refractivity (Wildman–Crippen MR) is 43.8 cm³/mol. The molecule has 0 aromatic carbocycles. The lowest BCUT2D eigenvalue weighted by molar-refractivity contribution is 1.04. The molecule has 0 spiro atoms. The van der Waals surface area contributed by atoms with Gasteiger partial charge in [0.15, 0.2) is 0 Å². The van der Waals surface area contributed by atoms with Gasteiger partial charge in [-0.2, -0.15) is 10.4 Å². The average molecular weight is 154 g/mol. The van der Waals surface area contributed by atoms with Crippen molar-refractivity contribution in [1.82, 2.24) is 15.2 Å². The molecule has 11 heavy (non-hydrogen) atoms. The van der Waals surface area contributed by atoms with Gasteiger partial charge in [-0.25, -0.2) is 4.98 Å². The SMILES string of the molecule is CC.CC#N.Cc1ncn[nH]1. The number of nitriles is 1. The van der Waals surface area contributed by atoms with Gasteiger partial charge in [0.25, 0.3) is 0 Å². The van der Waals surface area contributed by atoms with Gasteiger partial charge in [0.2, 0.25) is 0 Å². The molecule has 1 aromatic heterocycles. The minimum Gasteiger partial charge on any atom is -0.264 e. The van der Waals surface area contributed by atoms with Gasteiger partial charge in [0, 0.05) is 6.92 Å². The molecular weight excluding hydrogens is 140 g/mol. The molecule has 1 heterocycles. The Bertz CT molecular complexity index is 173. The van der Waals surface area contributed by atoms with Gasteiger partial charge in [0.05, 0.1) is 6.07 Å². The van der Waals surface area contributed by atoms with Crippen molar-refractivity contribution in [1.29, 1.82) is 5.26 Å². The van der Waals surface area contributed by atoms with Crippen LogP contribution in [-0.4, -0.2) is 15.2 Å². The molecule has 1 aromatic rings. The summed E-state index contributed by atoms with van der Waals surface area (Å²) < 4.78 is 0. The van der Waals surface area contributed by atoms with E-state index in [0.29, 0.717) is 0 Å². The summed E-state index contributed by atoms with van der Waals surface area (Å²) in [7, 11) is 0. The van der Waals surface area contributed by atoms with Crippen LogP contribution in [0.5, 0.6) is 0 Å². The molecule has 0 saturated carbocycles. The molecule has 0 fully saturated rings. The Morgan fingerprint density at radius 3 is 2.09 bits per heavy atom. The number of aromatic amines is 1. The molecule has 0 aliphatic carbocycles. The first kappa shape index (κ1) is 12.3. The fourth-order valence-electron chi connectivity index (χ4n) is 0.267. The first-order valence-electron chi connectivity index (χ1n) is 3.44. The summed E-state index contributed by atoms with van der Waals surface area (Å²) in [5, 5.41) is 13.5. The van der Waals surface area contributed by atoms with Crippen LogP contribution in [0.25, 0.3) is 0 Å². The van der Waals surface area contributed by atoms with Crippen molar-refractivity contribution in [2.24, 2.45) is 0 Å². The van der Waals surface area contributed by atoms with Crippen LogP contribution in [-0.2, 0) is 0 Å². The van der Waals surface area contributed by atoms with Crippen molar-refractivity contribution in [2.45, 2.75) is 27.7 Å². The Morgan fingerprint density at radius 2 is 2.00 bits per heavy atom. The maximum Gasteiger partial charge on any atom is 0.137 e. The fraction of sp³-hybridized carbons (Fsp3) is 0.571. The highest BCUT2D eigenvalue weighted by Gasteiger charge is 1.75. The summed E-state index contributed by atoms with van der Waals surface area (Å²) in [5.74, 6) is 0.856. The van der Waals surface area contributed by atoms with Crippen molar-refractivity contribution in [2.75, 3.05) is 0 Å². The Labute approximate surface area is 67.3 Å². The summed E-state index contributed by atoms with van der Waals surface area (Å²) in [5.41, 5.74) is 0. The van der Waals surface area contributed by atoms with Gasteiger partial charge >= 0.3 is 0 Å². The van der Waals surface area contributed by atoms with Crippen LogP contribution >= 0.6 is 0 Å². The summed E-state index contributed by atoms with van der Waals surface area (Å²) >= 11 is 0. The van der Waals surface area contributed by atoms with Crippen LogP contribution in [0.15, 0.2) is 6.33 Å². The lowest BCUT2D eigenvalue weighted by Crippen LogP contribution is -1.68. The number of nitrogens with zero attached hydrogens (tertiary/aromatic N) is 3. The molecule has 4 nitrogen and oxygen atoms in total. The molecular formula is C7H14N4. The number of aryl methyl sites for hydroxylation is 1. The Kier molecular flexibility index (Phi) is 12.8. The quantitative estimate of drug-likeness (QED) is 0.618. The number of aromatic nitrogens is 3. The van der Waals surface area contributed by atoms with E-state index >= 15 is 0 Å². The largest absolute Gasteiger partial charge is 0.264 e. The highest BCUT2D eigenvalue weighted by molar-refractivity contribution is 4.70. The second-order valence-corrected chi connectivity index (χ2v) is 1.29. The molecule has 0 aliphatic heterocycles. The molecule has 0 bridgehead atoms. The van der Waals surface area contributed by atoms with Crippen molar-refractivity contribution < 1.29 is 0 Å². The van der Waals surface area contributed by atoms with E-state index in [-0.39, 0.29) is 0 Å². The van der Waals surface area contributed by atoms with Crippen molar-refractivity contribution >= 4 is 0 Å². The van der Waals surface area contributed by atoms with Crippen LogP contribution in [0.1, 0.15) is 26.6 Å². The lowest BCUT2D eigenvalue weighted by atomic mass is 10.8. The van der Waals surface area contributed by atoms with E-state index < -0.39 is 0 Å². The second kappa shape index (κ2) is 11.4. The normalized spacial score (nSPS) is 6.09. The van der Waals surface area contributed by atoms with E-state index in [9.17, 15) is 0 Å². The molecule has 0 unspecified atom stereocenters. The molecule has 0 aliphatic rings. The molecule has 1 rings (SSSR count). The van der Waals surface area contributed by atoms with Gasteiger partial charge < -0.3 is 0 Å². The van der Waals surface area contributed by atoms with Gasteiger partial charge in [0.1, 0.15) is 12.2 Å². The molecule has 4 heteroatoms. The molecule has 0 amide bonds. The van der Waals surface area contributed by atoms with E-state index in [2.05, 4.69) is 15.2 Å². The maximum atomic E-state index is 7.32. The monoisotopic (exact) mass is 154 g/mol. The summed E-state index contributed by atoms with van der Waals surface area (Å²) in [6, 6.07) is 1.75. The third kappa shape index (κ3) is 12.0. The number of rotatable bonds is 0. The highest BCUT2D eigenvalue weighted by Crippen LogP contribution is 1.73. The first-order chi connectivity index (χ1) is 5.31. The number of hydrogen-bond acceptors (Lipinski definition) is 3. The van der Waals surface area contributed by atoms with Crippen LogP contribution < -0.4 is 0 Å². The zero-order valence-electron chi connectivity index (χ0n) is 7.42. The van der Waals surface area contributed by atoms with E-state index in [4.69, 9.17) is 5.26 Å². The zero-order valence-corrected chi connectivity index (χ0v) is 7.42. The Morgan fingerprint density at radius 1 is 1.55 bits per heavy atom. The second-order valence-electron chi connectivity index (χ2n) is 1.29. The third-order valence-electron chi connectivity index (χ3n) is 0.535. The van der Waals surface area contributed by atoms with Crippen LogP contribution in [0, 0.1) is 18.3 Å². The maximum absolute atomic E-state index is 7.32. The van der Waals surface area contributed by atoms with E-state index in [1.807, 2.05) is 20.8 Å². The van der Waals surface area contributed by atoms with Crippen molar-refractivity contribution in [3.05, 3.63) is 12.2 Å². The average Bonchev–Trinajstić information content (AvgIpc) is 2.46. The van der Waals surface area contributed by atoms with Crippen LogP contribution in [0.4, 0.5) is 0 Å². The van der Waals surface area contributed by atoms with Crippen molar-refractivity contribution in [3.8, 4) is 6.07 Å². The van der Waals surface area contributed by atoms with Gasteiger partial charge in [-0.05, 0) is 6.92 Å².